The van der Waals surface area contributed by atoms with E-state index in [1.807, 2.05) is 12.1 Å². The van der Waals surface area contributed by atoms with Crippen LogP contribution in [0, 0.1) is 5.82 Å². The Kier molecular flexibility index (Phi) is 4.29. The maximum Gasteiger partial charge on any atom is 0.323 e. The van der Waals surface area contributed by atoms with Gasteiger partial charge in [-0.05, 0) is 29.8 Å². The van der Waals surface area contributed by atoms with Crippen molar-refractivity contribution < 1.29 is 13.9 Å². The first-order valence-corrected chi connectivity index (χ1v) is 6.60. The summed E-state index contributed by atoms with van der Waals surface area (Å²) in [6, 6.07) is 9.52. The van der Waals surface area contributed by atoms with Crippen LogP contribution in [0.15, 0.2) is 36.4 Å². The smallest absolute Gasteiger partial charge is 0.323 e. The number of nitrogens with two attached hydrogens (primary N) is 1. The molecule has 1 atom stereocenters. The molecule has 100 valence electrons. The van der Waals surface area contributed by atoms with Crippen LogP contribution in [0.4, 0.5) is 4.39 Å². The van der Waals surface area contributed by atoms with E-state index in [1.54, 1.807) is 12.1 Å². The number of carbonyl (C=O) groups excluding carboxylic acids is 1. The molecule has 0 saturated carbocycles. The molecule has 1 unspecified atom stereocenters. The molecule has 1 heterocycles. The second kappa shape index (κ2) is 5.95. The van der Waals surface area contributed by atoms with Crippen LogP contribution in [0.2, 0.25) is 0 Å². The Morgan fingerprint density at radius 2 is 2.00 bits per heavy atom. The molecule has 0 amide bonds. The predicted octanol–water partition coefficient (Wildman–Crippen LogP) is 2.60. The summed E-state index contributed by atoms with van der Waals surface area (Å²) in [6.45, 7) is 0. The fourth-order valence-corrected chi connectivity index (χ4v) is 2.78. The van der Waals surface area contributed by atoms with Crippen molar-refractivity contribution in [3.05, 3.63) is 47.1 Å². The third kappa shape index (κ3) is 3.39. The zero-order valence-corrected chi connectivity index (χ0v) is 11.2. The van der Waals surface area contributed by atoms with Gasteiger partial charge >= 0.3 is 5.97 Å². The molecular formula is C14H14FNO2S. The van der Waals surface area contributed by atoms with E-state index < -0.39 is 12.0 Å². The first-order valence-electron chi connectivity index (χ1n) is 5.78. The molecule has 0 saturated heterocycles. The Morgan fingerprint density at radius 3 is 2.63 bits per heavy atom. The summed E-state index contributed by atoms with van der Waals surface area (Å²) in [4.78, 5) is 13.3. The van der Waals surface area contributed by atoms with Gasteiger partial charge in [0, 0.05) is 16.2 Å². The number of methoxy groups -OCH3 is 1. The molecule has 19 heavy (non-hydrogen) atoms. The summed E-state index contributed by atoms with van der Waals surface area (Å²) < 4.78 is 17.4. The molecule has 0 aliphatic heterocycles. The number of thiophene rings is 1. The van der Waals surface area contributed by atoms with Crippen LogP contribution in [-0.2, 0) is 16.0 Å². The lowest BCUT2D eigenvalue weighted by Gasteiger charge is -2.06. The molecule has 0 bridgehead atoms. The van der Waals surface area contributed by atoms with Gasteiger partial charge in [-0.3, -0.25) is 4.79 Å². The van der Waals surface area contributed by atoms with Crippen LogP contribution in [0.3, 0.4) is 0 Å². The van der Waals surface area contributed by atoms with E-state index in [0.717, 1.165) is 15.3 Å². The van der Waals surface area contributed by atoms with Gasteiger partial charge in [0.05, 0.1) is 7.11 Å². The summed E-state index contributed by atoms with van der Waals surface area (Å²) in [5.41, 5.74) is 6.66. The van der Waals surface area contributed by atoms with Crippen molar-refractivity contribution in [1.82, 2.24) is 0 Å². The van der Waals surface area contributed by atoms with E-state index in [9.17, 15) is 9.18 Å². The van der Waals surface area contributed by atoms with Gasteiger partial charge < -0.3 is 10.5 Å². The molecule has 1 aromatic carbocycles. The second-order valence-electron chi connectivity index (χ2n) is 4.11. The molecule has 0 aliphatic carbocycles. The van der Waals surface area contributed by atoms with Crippen LogP contribution in [0.25, 0.3) is 10.4 Å². The average molecular weight is 279 g/mol. The minimum atomic E-state index is -0.648. The van der Waals surface area contributed by atoms with E-state index in [-0.39, 0.29) is 5.82 Å². The van der Waals surface area contributed by atoms with Crippen LogP contribution in [-0.4, -0.2) is 19.1 Å². The van der Waals surface area contributed by atoms with Crippen molar-refractivity contribution in [2.24, 2.45) is 5.73 Å². The molecule has 1 aromatic heterocycles. The van der Waals surface area contributed by atoms with Crippen LogP contribution < -0.4 is 5.73 Å². The van der Waals surface area contributed by atoms with Gasteiger partial charge in [-0.25, -0.2) is 4.39 Å². The van der Waals surface area contributed by atoms with Crippen molar-refractivity contribution in [1.29, 1.82) is 0 Å². The summed E-state index contributed by atoms with van der Waals surface area (Å²) in [5, 5.41) is 0. The Bertz CT molecular complexity index is 565. The van der Waals surface area contributed by atoms with Gasteiger partial charge in [-0.15, -0.1) is 11.3 Å². The molecular weight excluding hydrogens is 265 g/mol. The first kappa shape index (κ1) is 13.7. The number of hydrogen-bond acceptors (Lipinski definition) is 4. The quantitative estimate of drug-likeness (QED) is 0.875. The minimum absolute atomic E-state index is 0.256. The largest absolute Gasteiger partial charge is 0.468 e. The van der Waals surface area contributed by atoms with Crippen molar-refractivity contribution >= 4 is 17.3 Å². The van der Waals surface area contributed by atoms with E-state index >= 15 is 0 Å². The third-order valence-electron chi connectivity index (χ3n) is 2.72. The van der Waals surface area contributed by atoms with E-state index in [0.29, 0.717) is 6.42 Å². The van der Waals surface area contributed by atoms with Crippen molar-refractivity contribution in [2.75, 3.05) is 7.11 Å². The lowest BCUT2D eigenvalue weighted by atomic mass is 10.1. The zero-order valence-electron chi connectivity index (χ0n) is 10.4. The van der Waals surface area contributed by atoms with Crippen molar-refractivity contribution in [3.63, 3.8) is 0 Å². The van der Waals surface area contributed by atoms with Gasteiger partial charge in [0.2, 0.25) is 0 Å². The normalized spacial score (nSPS) is 12.2. The fourth-order valence-electron chi connectivity index (χ4n) is 1.71. The number of ether oxygens (including phenoxy) is 1. The number of hydrogen-bond donors (Lipinski definition) is 1. The highest BCUT2D eigenvalue weighted by Crippen LogP contribution is 2.28. The van der Waals surface area contributed by atoms with Gasteiger partial charge in [0.15, 0.2) is 0 Å². The second-order valence-corrected chi connectivity index (χ2v) is 5.27. The fraction of sp³-hybridized carbons (Fsp3) is 0.214. The number of esters is 1. The lowest BCUT2D eigenvalue weighted by Crippen LogP contribution is -2.33. The number of rotatable bonds is 4. The summed E-state index contributed by atoms with van der Waals surface area (Å²) >= 11 is 1.54. The summed E-state index contributed by atoms with van der Waals surface area (Å²) in [5.74, 6) is -0.676. The van der Waals surface area contributed by atoms with Crippen LogP contribution in [0.1, 0.15) is 4.88 Å². The van der Waals surface area contributed by atoms with E-state index in [2.05, 4.69) is 4.74 Å². The van der Waals surface area contributed by atoms with Crippen molar-refractivity contribution in [2.45, 2.75) is 12.5 Å². The SMILES string of the molecule is COC(=O)C(N)Cc1ccc(-c2ccc(F)cc2)s1. The minimum Gasteiger partial charge on any atom is -0.468 e. The maximum atomic E-state index is 12.8. The van der Waals surface area contributed by atoms with Gasteiger partial charge in [0.1, 0.15) is 11.9 Å². The molecule has 0 fully saturated rings. The Morgan fingerprint density at radius 1 is 1.32 bits per heavy atom. The zero-order chi connectivity index (χ0) is 13.8. The molecule has 2 rings (SSSR count). The number of halogens is 1. The van der Waals surface area contributed by atoms with Crippen LogP contribution in [0.5, 0.6) is 0 Å². The molecule has 0 aliphatic rings. The highest BCUT2D eigenvalue weighted by molar-refractivity contribution is 7.15. The van der Waals surface area contributed by atoms with Gasteiger partial charge in [-0.2, -0.15) is 0 Å². The molecule has 0 spiro atoms. The third-order valence-corrected chi connectivity index (χ3v) is 3.87. The average Bonchev–Trinajstić information content (AvgIpc) is 2.87. The van der Waals surface area contributed by atoms with E-state index in [4.69, 9.17) is 5.73 Å². The van der Waals surface area contributed by atoms with Crippen LogP contribution >= 0.6 is 11.3 Å². The highest BCUT2D eigenvalue weighted by Gasteiger charge is 2.15. The standard InChI is InChI=1S/C14H14FNO2S/c1-18-14(17)12(16)8-11-6-7-13(19-11)9-2-4-10(15)5-3-9/h2-7,12H,8,16H2,1H3. The molecule has 2 aromatic rings. The Hall–Kier alpha value is -1.72. The molecule has 0 radical (unpaired) electrons. The monoisotopic (exact) mass is 279 g/mol. The molecule has 2 N–H and O–H groups in total. The number of benzene rings is 1. The van der Waals surface area contributed by atoms with Gasteiger partial charge in [0.25, 0.3) is 0 Å². The summed E-state index contributed by atoms with van der Waals surface area (Å²) in [7, 11) is 1.32. The maximum absolute atomic E-state index is 12.8. The Labute approximate surface area is 114 Å². The first-order chi connectivity index (χ1) is 9.10. The topological polar surface area (TPSA) is 52.3 Å². The summed E-state index contributed by atoms with van der Waals surface area (Å²) in [6.07, 6.45) is 0.443. The van der Waals surface area contributed by atoms with E-state index in [1.165, 1.54) is 30.6 Å². The number of carbonyl (C=O) groups is 1. The Balaban J connectivity index is 2.11. The lowest BCUT2D eigenvalue weighted by molar-refractivity contribution is -0.142. The highest BCUT2D eigenvalue weighted by atomic mass is 32.1. The molecule has 5 heteroatoms. The predicted molar refractivity (Wildman–Crippen MR) is 73.4 cm³/mol. The van der Waals surface area contributed by atoms with Crippen molar-refractivity contribution in [3.8, 4) is 10.4 Å². The van der Waals surface area contributed by atoms with Gasteiger partial charge in [-0.1, -0.05) is 12.1 Å². The molecule has 3 nitrogen and oxygen atoms in total.